The number of carbonyl (C=O) groups is 1. The van der Waals surface area contributed by atoms with Gasteiger partial charge in [-0.1, -0.05) is 187 Å². The van der Waals surface area contributed by atoms with E-state index >= 15 is 0 Å². The van der Waals surface area contributed by atoms with E-state index in [2.05, 4.69) is 19.2 Å². The largest absolute Gasteiger partial charge is 0.756 e. The van der Waals surface area contributed by atoms with E-state index in [-0.39, 0.29) is 19.1 Å². The Morgan fingerprint density at radius 1 is 0.620 bits per heavy atom. The van der Waals surface area contributed by atoms with Gasteiger partial charge >= 0.3 is 0 Å². The number of aliphatic hydroxyl groups excluding tert-OH is 1. The van der Waals surface area contributed by atoms with Crippen molar-refractivity contribution in [2.75, 3.05) is 40.9 Å². The molecule has 8 nitrogen and oxygen atoms in total. The van der Waals surface area contributed by atoms with Gasteiger partial charge < -0.3 is 28.8 Å². The van der Waals surface area contributed by atoms with Crippen molar-refractivity contribution in [2.45, 2.75) is 219 Å². The molecule has 2 N–H and O–H groups in total. The first-order valence-corrected chi connectivity index (χ1v) is 22.8. The second-order valence-corrected chi connectivity index (χ2v) is 17.5. The van der Waals surface area contributed by atoms with E-state index in [9.17, 15) is 19.4 Å². The van der Waals surface area contributed by atoms with Crippen LogP contribution in [-0.4, -0.2) is 68.5 Å². The Kier molecular flexibility index (Phi) is 33.9. The van der Waals surface area contributed by atoms with Gasteiger partial charge in [-0.05, 0) is 12.8 Å². The van der Waals surface area contributed by atoms with Crippen LogP contribution in [0.2, 0.25) is 0 Å². The molecule has 0 aromatic carbocycles. The highest BCUT2D eigenvalue weighted by Crippen LogP contribution is 2.38. The number of rotatable bonds is 39. The summed E-state index contributed by atoms with van der Waals surface area (Å²) in [6.07, 6.45) is 35.2. The average Bonchev–Trinajstić information content (AvgIpc) is 3.06. The molecule has 0 saturated heterocycles. The zero-order chi connectivity index (χ0) is 37.2. The Morgan fingerprint density at radius 3 is 1.36 bits per heavy atom. The van der Waals surface area contributed by atoms with Crippen LogP contribution in [0.1, 0.15) is 206 Å². The minimum absolute atomic E-state index is 0.0159. The highest BCUT2D eigenvalue weighted by molar-refractivity contribution is 7.45. The number of nitrogens with one attached hydrogen (secondary N) is 1. The number of quaternary nitrogens is 1. The zero-order valence-electron chi connectivity index (χ0n) is 33.9. The van der Waals surface area contributed by atoms with Gasteiger partial charge in [0.1, 0.15) is 13.2 Å². The minimum atomic E-state index is -4.55. The highest BCUT2D eigenvalue weighted by Gasteiger charge is 2.24. The van der Waals surface area contributed by atoms with Crippen molar-refractivity contribution in [3.63, 3.8) is 0 Å². The summed E-state index contributed by atoms with van der Waals surface area (Å²) in [5.41, 5.74) is 0. The molecule has 0 heterocycles. The fraction of sp³-hybridized carbons (Fsp3) is 0.976. The summed E-state index contributed by atoms with van der Waals surface area (Å²) in [5, 5.41) is 13.9. The van der Waals surface area contributed by atoms with Crippen LogP contribution in [0.5, 0.6) is 0 Å². The van der Waals surface area contributed by atoms with Gasteiger partial charge in [-0.3, -0.25) is 9.36 Å². The molecule has 9 heteroatoms. The molecule has 0 bridgehead atoms. The summed E-state index contributed by atoms with van der Waals surface area (Å²) in [6, 6.07) is -0.791. The number of amides is 1. The third-order valence-corrected chi connectivity index (χ3v) is 10.8. The van der Waals surface area contributed by atoms with Crippen LogP contribution in [0.4, 0.5) is 0 Å². The van der Waals surface area contributed by atoms with Crippen molar-refractivity contribution in [2.24, 2.45) is 0 Å². The predicted octanol–water partition coefficient (Wildman–Crippen LogP) is 10.8. The van der Waals surface area contributed by atoms with Crippen LogP contribution in [0.15, 0.2) is 0 Å². The van der Waals surface area contributed by atoms with E-state index in [0.29, 0.717) is 23.9 Å². The smallest absolute Gasteiger partial charge is 0.268 e. The third kappa shape index (κ3) is 35.9. The Morgan fingerprint density at radius 2 is 0.980 bits per heavy atom. The van der Waals surface area contributed by atoms with Gasteiger partial charge in [-0.15, -0.1) is 0 Å². The molecule has 1 amide bonds. The second-order valence-electron chi connectivity index (χ2n) is 16.1. The molecule has 0 saturated carbocycles. The molecule has 1 unspecified atom stereocenters. The monoisotopic (exact) mass is 733 g/mol. The quantitative estimate of drug-likeness (QED) is 0.0370. The normalized spacial score (nSPS) is 14.5. The fourth-order valence-electron chi connectivity index (χ4n) is 6.39. The van der Waals surface area contributed by atoms with E-state index in [4.69, 9.17) is 9.05 Å². The van der Waals surface area contributed by atoms with Crippen LogP contribution in [0.25, 0.3) is 0 Å². The molecule has 0 fully saturated rings. The van der Waals surface area contributed by atoms with Crippen molar-refractivity contribution in [3.05, 3.63) is 0 Å². The van der Waals surface area contributed by atoms with Crippen LogP contribution in [0, 0.1) is 0 Å². The predicted molar refractivity (Wildman–Crippen MR) is 210 cm³/mol. The standard InChI is InChI=1S/C41H85N2O6P/c1-6-8-10-12-14-16-18-20-21-23-25-27-29-31-33-35-41(45)42-39(38-49-50(46,47)48-37-36-43(3,4)5)40(44)34-32-30-28-26-24-22-19-17-15-13-11-9-7-2/h39-40,44H,6-38H2,1-5H3,(H-,42,45,46,47)/t39-,40+/m1/s1. The number of hydrogen-bond donors (Lipinski definition) is 2. The summed E-state index contributed by atoms with van der Waals surface area (Å²) >= 11 is 0. The Bertz CT molecular complexity index is 794. The van der Waals surface area contributed by atoms with E-state index in [1.54, 1.807) is 0 Å². The number of aliphatic hydroxyl groups is 1. The molecule has 300 valence electrons. The molecule has 0 aromatic rings. The van der Waals surface area contributed by atoms with E-state index in [1.807, 2.05) is 21.1 Å². The summed E-state index contributed by atoms with van der Waals surface area (Å²) in [5.74, 6) is -0.163. The maximum atomic E-state index is 12.8. The Balaban J connectivity index is 4.36. The first-order chi connectivity index (χ1) is 24.0. The van der Waals surface area contributed by atoms with Gasteiger partial charge in [0.25, 0.3) is 7.82 Å². The minimum Gasteiger partial charge on any atom is -0.756 e. The highest BCUT2D eigenvalue weighted by atomic mass is 31.2. The lowest BCUT2D eigenvalue weighted by atomic mass is 10.0. The van der Waals surface area contributed by atoms with Gasteiger partial charge in [0, 0.05) is 6.42 Å². The van der Waals surface area contributed by atoms with Crippen molar-refractivity contribution >= 4 is 13.7 Å². The lowest BCUT2D eigenvalue weighted by Crippen LogP contribution is -2.46. The van der Waals surface area contributed by atoms with Crippen LogP contribution < -0.4 is 10.2 Å². The van der Waals surface area contributed by atoms with Gasteiger partial charge in [0.2, 0.25) is 5.91 Å². The molecule has 0 aliphatic rings. The number of phosphoric ester groups is 1. The summed E-state index contributed by atoms with van der Waals surface area (Å²) in [4.78, 5) is 25.3. The van der Waals surface area contributed by atoms with Gasteiger partial charge in [0.05, 0.1) is 39.9 Å². The maximum absolute atomic E-state index is 12.8. The topological polar surface area (TPSA) is 108 Å². The zero-order valence-corrected chi connectivity index (χ0v) is 34.8. The van der Waals surface area contributed by atoms with Crippen molar-refractivity contribution in [3.8, 4) is 0 Å². The van der Waals surface area contributed by atoms with Crippen molar-refractivity contribution < 1.29 is 32.9 Å². The second kappa shape index (κ2) is 34.3. The van der Waals surface area contributed by atoms with E-state index in [1.165, 1.54) is 141 Å². The third-order valence-electron chi connectivity index (χ3n) is 9.85. The fourth-order valence-corrected chi connectivity index (χ4v) is 7.12. The van der Waals surface area contributed by atoms with Crippen molar-refractivity contribution in [1.29, 1.82) is 0 Å². The number of unbranched alkanes of at least 4 members (excludes halogenated alkanes) is 26. The summed E-state index contributed by atoms with van der Waals surface area (Å²) in [7, 11) is 1.31. The van der Waals surface area contributed by atoms with E-state index < -0.39 is 20.0 Å². The first-order valence-electron chi connectivity index (χ1n) is 21.4. The van der Waals surface area contributed by atoms with Crippen molar-refractivity contribution in [1.82, 2.24) is 5.32 Å². The van der Waals surface area contributed by atoms with Gasteiger partial charge in [-0.2, -0.15) is 0 Å². The molecule has 0 radical (unpaired) electrons. The molecular formula is C41H85N2O6P. The number of nitrogens with zero attached hydrogens (tertiary/aromatic N) is 1. The summed E-state index contributed by atoms with van der Waals surface area (Å²) < 4.78 is 23.2. The number of likely N-dealkylation sites (N-methyl/N-ethyl adjacent to an activating group) is 1. The lowest BCUT2D eigenvalue weighted by Gasteiger charge is -2.30. The maximum Gasteiger partial charge on any atom is 0.268 e. The summed E-state index contributed by atoms with van der Waals surface area (Å²) in [6.45, 7) is 4.73. The van der Waals surface area contributed by atoms with Gasteiger partial charge in [-0.25, -0.2) is 0 Å². The molecule has 3 atom stereocenters. The van der Waals surface area contributed by atoms with Gasteiger partial charge in [0.15, 0.2) is 0 Å². The molecule has 0 rings (SSSR count). The Labute approximate surface area is 310 Å². The number of hydrogen-bond acceptors (Lipinski definition) is 6. The molecule has 0 aliphatic heterocycles. The van der Waals surface area contributed by atoms with Crippen LogP contribution in [-0.2, 0) is 18.4 Å². The molecule has 50 heavy (non-hydrogen) atoms. The van der Waals surface area contributed by atoms with Crippen LogP contribution in [0.3, 0.4) is 0 Å². The number of carbonyl (C=O) groups excluding carboxylic acids is 1. The first kappa shape index (κ1) is 49.5. The molecule has 0 aromatic heterocycles. The van der Waals surface area contributed by atoms with Crippen LogP contribution >= 0.6 is 7.82 Å². The molecular weight excluding hydrogens is 647 g/mol. The SMILES string of the molecule is CCCCCCCCCCCCCCCCCC(=O)N[C@H](COP(=O)([O-])OCC[N+](C)(C)C)[C@@H](O)CCCCCCCCCCCCCCC. The lowest BCUT2D eigenvalue weighted by molar-refractivity contribution is -0.870. The molecule has 0 spiro atoms. The number of phosphoric acid groups is 1. The molecule has 0 aliphatic carbocycles. The Hall–Kier alpha value is -0.500. The average molecular weight is 733 g/mol. The van der Waals surface area contributed by atoms with E-state index in [0.717, 1.165) is 38.5 Å².